The van der Waals surface area contributed by atoms with Gasteiger partial charge >= 0.3 is 0 Å². The van der Waals surface area contributed by atoms with Crippen LogP contribution < -0.4 is 5.73 Å². The van der Waals surface area contributed by atoms with E-state index in [1.54, 1.807) is 0 Å². The van der Waals surface area contributed by atoms with Crippen molar-refractivity contribution in [3.8, 4) is 0 Å². The first kappa shape index (κ1) is 9.68. The summed E-state index contributed by atoms with van der Waals surface area (Å²) in [4.78, 5) is 4.47. The van der Waals surface area contributed by atoms with Crippen LogP contribution in [0.3, 0.4) is 0 Å². The van der Waals surface area contributed by atoms with E-state index < -0.39 is 0 Å². The number of rotatable bonds is 2. The molecule has 3 nitrogen and oxygen atoms in total. The van der Waals surface area contributed by atoms with Crippen molar-refractivity contribution in [3.05, 3.63) is 34.7 Å². The van der Waals surface area contributed by atoms with E-state index in [-0.39, 0.29) is 6.04 Å². The van der Waals surface area contributed by atoms with Crippen LogP contribution in [0.5, 0.6) is 0 Å². The van der Waals surface area contributed by atoms with E-state index in [1.165, 1.54) is 0 Å². The lowest BCUT2D eigenvalue weighted by molar-refractivity contribution is 0.726. The highest BCUT2D eigenvalue weighted by molar-refractivity contribution is 9.10. The largest absolute Gasteiger partial charge is 0.328 e. The van der Waals surface area contributed by atoms with Gasteiger partial charge in [0.05, 0.1) is 10.3 Å². The number of nitrogens with two attached hydrogens (primary N) is 1. The summed E-state index contributed by atoms with van der Waals surface area (Å²) >= 11 is 3.47. The molecule has 0 aliphatic rings. The van der Waals surface area contributed by atoms with Crippen molar-refractivity contribution in [1.29, 1.82) is 0 Å². The summed E-state index contributed by atoms with van der Waals surface area (Å²) in [6.07, 6.45) is 2.83. The second-order valence-electron chi connectivity index (χ2n) is 3.49. The van der Waals surface area contributed by atoms with E-state index in [1.807, 2.05) is 35.7 Å². The summed E-state index contributed by atoms with van der Waals surface area (Å²) in [5, 5.41) is 0. The normalized spacial score (nSPS) is 13.4. The molecule has 0 aliphatic heterocycles. The number of halogens is 1. The molecule has 1 unspecified atom stereocenters. The molecule has 2 aromatic heterocycles. The number of hydrogen-bond donors (Lipinski definition) is 1. The van der Waals surface area contributed by atoms with Gasteiger partial charge in [-0.1, -0.05) is 6.07 Å². The highest BCUT2D eigenvalue weighted by Gasteiger charge is 2.05. The van der Waals surface area contributed by atoms with Gasteiger partial charge in [0.1, 0.15) is 5.65 Å². The Morgan fingerprint density at radius 2 is 2.36 bits per heavy atom. The molecule has 0 spiro atoms. The van der Waals surface area contributed by atoms with E-state index in [0.717, 1.165) is 22.4 Å². The van der Waals surface area contributed by atoms with Crippen LogP contribution in [-0.4, -0.2) is 15.4 Å². The van der Waals surface area contributed by atoms with Crippen LogP contribution in [0.2, 0.25) is 0 Å². The Labute approximate surface area is 91.1 Å². The van der Waals surface area contributed by atoms with Crippen LogP contribution in [0.15, 0.2) is 29.0 Å². The van der Waals surface area contributed by atoms with Gasteiger partial charge in [-0.3, -0.25) is 4.40 Å². The smallest absolute Gasteiger partial charge is 0.137 e. The molecule has 2 N–H and O–H groups in total. The highest BCUT2D eigenvalue weighted by atomic mass is 79.9. The molecule has 74 valence electrons. The minimum absolute atomic E-state index is 0.152. The fraction of sp³-hybridized carbons (Fsp3) is 0.300. The van der Waals surface area contributed by atoms with Gasteiger partial charge in [-0.2, -0.15) is 0 Å². The van der Waals surface area contributed by atoms with Crippen molar-refractivity contribution in [3.63, 3.8) is 0 Å². The van der Waals surface area contributed by atoms with Crippen molar-refractivity contribution >= 4 is 21.6 Å². The maximum atomic E-state index is 5.72. The van der Waals surface area contributed by atoms with E-state index >= 15 is 0 Å². The fourth-order valence-electron chi connectivity index (χ4n) is 1.46. The van der Waals surface area contributed by atoms with Crippen molar-refractivity contribution < 1.29 is 0 Å². The number of hydrogen-bond acceptors (Lipinski definition) is 2. The first-order valence-corrected chi connectivity index (χ1v) is 5.34. The van der Waals surface area contributed by atoms with Gasteiger partial charge < -0.3 is 5.73 Å². The van der Waals surface area contributed by atoms with Gasteiger partial charge in [0.2, 0.25) is 0 Å². The van der Waals surface area contributed by atoms with Crippen LogP contribution in [0.1, 0.15) is 12.6 Å². The molecule has 14 heavy (non-hydrogen) atoms. The van der Waals surface area contributed by atoms with Crippen molar-refractivity contribution in [2.24, 2.45) is 5.73 Å². The van der Waals surface area contributed by atoms with Crippen molar-refractivity contribution in [2.75, 3.05) is 0 Å². The molecule has 0 radical (unpaired) electrons. The Kier molecular flexibility index (Phi) is 2.56. The van der Waals surface area contributed by atoms with Crippen LogP contribution >= 0.6 is 15.9 Å². The predicted octanol–water partition coefficient (Wildman–Crippen LogP) is 1.99. The van der Waals surface area contributed by atoms with Crippen molar-refractivity contribution in [1.82, 2.24) is 9.38 Å². The molecule has 0 saturated heterocycles. The minimum atomic E-state index is 0.152. The highest BCUT2D eigenvalue weighted by Crippen LogP contribution is 2.14. The maximum Gasteiger partial charge on any atom is 0.137 e. The summed E-state index contributed by atoms with van der Waals surface area (Å²) in [5.74, 6) is 0. The van der Waals surface area contributed by atoms with Gasteiger partial charge in [0.15, 0.2) is 0 Å². The molecule has 2 aromatic rings. The second kappa shape index (κ2) is 3.71. The van der Waals surface area contributed by atoms with E-state index in [4.69, 9.17) is 5.73 Å². The molecule has 0 fully saturated rings. The first-order valence-electron chi connectivity index (χ1n) is 4.55. The summed E-state index contributed by atoms with van der Waals surface area (Å²) in [7, 11) is 0. The molecular formula is C10H12BrN3. The van der Waals surface area contributed by atoms with Crippen molar-refractivity contribution in [2.45, 2.75) is 19.4 Å². The SMILES string of the molecule is CC(N)Cc1cn2c(Br)cccc2n1. The fourth-order valence-corrected chi connectivity index (χ4v) is 1.89. The molecule has 1 atom stereocenters. The van der Waals surface area contributed by atoms with E-state index in [9.17, 15) is 0 Å². The molecule has 0 saturated carbocycles. The predicted molar refractivity (Wildman–Crippen MR) is 60.2 cm³/mol. The van der Waals surface area contributed by atoms with Crippen LogP contribution in [0.25, 0.3) is 5.65 Å². The van der Waals surface area contributed by atoms with Crippen LogP contribution in [0.4, 0.5) is 0 Å². The molecule has 0 aromatic carbocycles. The summed E-state index contributed by atoms with van der Waals surface area (Å²) < 4.78 is 3.02. The molecule has 0 aliphatic carbocycles. The third-order valence-corrected chi connectivity index (χ3v) is 2.67. The van der Waals surface area contributed by atoms with Gasteiger partial charge in [-0.25, -0.2) is 4.98 Å². The minimum Gasteiger partial charge on any atom is -0.328 e. The van der Waals surface area contributed by atoms with Gasteiger partial charge in [-0.05, 0) is 35.0 Å². The molecular weight excluding hydrogens is 242 g/mol. The van der Waals surface area contributed by atoms with Gasteiger partial charge in [0.25, 0.3) is 0 Å². The zero-order valence-electron chi connectivity index (χ0n) is 7.94. The lowest BCUT2D eigenvalue weighted by atomic mass is 10.2. The lowest BCUT2D eigenvalue weighted by Gasteiger charge is -1.98. The topological polar surface area (TPSA) is 43.3 Å². The monoisotopic (exact) mass is 253 g/mol. The Bertz CT molecular complexity index is 448. The Morgan fingerprint density at radius 3 is 3.00 bits per heavy atom. The molecule has 2 heterocycles. The molecule has 0 bridgehead atoms. The summed E-state index contributed by atoms with van der Waals surface area (Å²) in [5.41, 5.74) is 7.71. The quantitative estimate of drug-likeness (QED) is 0.833. The first-order chi connectivity index (χ1) is 6.66. The van der Waals surface area contributed by atoms with Crippen LogP contribution in [-0.2, 0) is 6.42 Å². The lowest BCUT2D eigenvalue weighted by Crippen LogP contribution is -2.17. The molecule has 4 heteroatoms. The number of fused-ring (bicyclic) bond motifs is 1. The molecule has 0 amide bonds. The second-order valence-corrected chi connectivity index (χ2v) is 4.30. The number of aromatic nitrogens is 2. The zero-order valence-corrected chi connectivity index (χ0v) is 9.53. The third kappa shape index (κ3) is 1.81. The summed E-state index contributed by atoms with van der Waals surface area (Å²) in [6.45, 7) is 1.99. The van der Waals surface area contributed by atoms with E-state index in [2.05, 4.69) is 20.9 Å². The Hall–Kier alpha value is -0.870. The Morgan fingerprint density at radius 1 is 1.57 bits per heavy atom. The van der Waals surface area contributed by atoms with Gasteiger partial charge in [0, 0.05) is 18.7 Å². The number of imidazole rings is 1. The van der Waals surface area contributed by atoms with Gasteiger partial charge in [-0.15, -0.1) is 0 Å². The zero-order chi connectivity index (χ0) is 10.1. The molecule has 2 rings (SSSR count). The average Bonchev–Trinajstić information content (AvgIpc) is 2.47. The number of nitrogens with zero attached hydrogens (tertiary/aromatic N) is 2. The summed E-state index contributed by atoms with van der Waals surface area (Å²) in [6, 6.07) is 6.10. The van der Waals surface area contributed by atoms with Crippen LogP contribution in [0, 0.1) is 0 Å². The Balaban J connectivity index is 2.46. The maximum absolute atomic E-state index is 5.72. The third-order valence-electron chi connectivity index (χ3n) is 2.02. The standard InChI is InChI=1S/C10H12BrN3/c1-7(12)5-8-6-14-9(11)3-2-4-10(14)13-8/h2-4,6-7H,5,12H2,1H3. The number of pyridine rings is 1. The average molecular weight is 254 g/mol. The van der Waals surface area contributed by atoms with E-state index in [0.29, 0.717) is 0 Å².